The Bertz CT molecular complexity index is 1470. The molecule has 1 fully saturated rings. The molecule has 10 heteroatoms. The molecule has 0 radical (unpaired) electrons. The average molecular weight is 534 g/mol. The minimum Gasteiger partial charge on any atom is -0.493 e. The van der Waals surface area contributed by atoms with Gasteiger partial charge in [-0.15, -0.1) is 0 Å². The molecular weight excluding hydrogens is 510 g/mol. The van der Waals surface area contributed by atoms with Crippen LogP contribution in [0.5, 0.6) is 11.5 Å². The van der Waals surface area contributed by atoms with E-state index in [-0.39, 0.29) is 28.7 Å². The van der Waals surface area contributed by atoms with E-state index < -0.39 is 23.8 Å². The van der Waals surface area contributed by atoms with Gasteiger partial charge in [-0.3, -0.25) is 19.7 Å². The second kappa shape index (κ2) is 11.2. The molecule has 0 atom stereocenters. The first-order chi connectivity index (χ1) is 18.2. The largest absolute Gasteiger partial charge is 0.493 e. The number of benzene rings is 3. The first kappa shape index (κ1) is 26.4. The maximum Gasteiger partial charge on any atom is 0.335 e. The third kappa shape index (κ3) is 5.68. The third-order valence-electron chi connectivity index (χ3n) is 5.82. The van der Waals surface area contributed by atoms with Crippen molar-refractivity contribution in [2.45, 2.75) is 13.8 Å². The van der Waals surface area contributed by atoms with Gasteiger partial charge in [0.25, 0.3) is 17.7 Å². The molecule has 1 saturated heterocycles. The Labute approximate surface area is 224 Å². The second-order valence-corrected chi connectivity index (χ2v) is 8.87. The van der Waals surface area contributed by atoms with Crippen LogP contribution < -0.4 is 25.0 Å². The van der Waals surface area contributed by atoms with Crippen LogP contribution in [-0.4, -0.2) is 37.5 Å². The number of amides is 5. The zero-order valence-electron chi connectivity index (χ0n) is 20.8. The standard InChI is InChI=1S/C28H24ClN3O6/c1-16-9-10-20(11-17(16)2)32-27(35)21(26(34)31-28(32)36)12-18-13-22(29)25(23(14-18)37-3)38-15-24(33)30-19-7-5-4-6-8-19/h4-14H,15H2,1-3H3,(H,30,33)(H,31,34,36)/b21-12+. The van der Waals surface area contributed by atoms with Crippen LogP contribution >= 0.6 is 11.6 Å². The normalized spacial score (nSPS) is 14.4. The van der Waals surface area contributed by atoms with Gasteiger partial charge in [-0.25, -0.2) is 9.69 Å². The van der Waals surface area contributed by atoms with Gasteiger partial charge >= 0.3 is 6.03 Å². The summed E-state index contributed by atoms with van der Waals surface area (Å²) in [5.74, 6) is -1.72. The summed E-state index contributed by atoms with van der Waals surface area (Å²) < 4.78 is 11.0. The SMILES string of the molecule is COc1cc(/C=C2\C(=O)NC(=O)N(c3ccc(C)c(C)c3)C2=O)cc(Cl)c1OCC(=O)Nc1ccccc1. The van der Waals surface area contributed by atoms with Gasteiger partial charge in [-0.05, 0) is 73.0 Å². The van der Waals surface area contributed by atoms with Crippen molar-refractivity contribution in [2.75, 3.05) is 23.9 Å². The lowest BCUT2D eigenvalue weighted by Gasteiger charge is -2.27. The predicted molar refractivity (Wildman–Crippen MR) is 143 cm³/mol. The number of carbonyl (C=O) groups is 4. The molecule has 1 aliphatic heterocycles. The van der Waals surface area contributed by atoms with E-state index >= 15 is 0 Å². The van der Waals surface area contributed by atoms with E-state index in [0.717, 1.165) is 16.0 Å². The summed E-state index contributed by atoms with van der Waals surface area (Å²) in [5, 5.41) is 4.99. The van der Waals surface area contributed by atoms with Crippen molar-refractivity contribution in [2.24, 2.45) is 0 Å². The molecule has 5 amide bonds. The zero-order valence-corrected chi connectivity index (χ0v) is 21.6. The number of imide groups is 2. The summed E-state index contributed by atoms with van der Waals surface area (Å²) in [6, 6.07) is 16.1. The summed E-state index contributed by atoms with van der Waals surface area (Å²) in [4.78, 5) is 51.5. The number of para-hydroxylation sites is 1. The Morgan fingerprint density at radius 3 is 2.45 bits per heavy atom. The number of aryl methyl sites for hydroxylation is 2. The summed E-state index contributed by atoms with van der Waals surface area (Å²) in [7, 11) is 1.39. The second-order valence-electron chi connectivity index (χ2n) is 8.46. The number of carbonyl (C=O) groups excluding carboxylic acids is 4. The van der Waals surface area contributed by atoms with Crippen molar-refractivity contribution in [3.8, 4) is 11.5 Å². The molecule has 0 saturated carbocycles. The van der Waals surface area contributed by atoms with Crippen LogP contribution in [-0.2, 0) is 14.4 Å². The lowest BCUT2D eigenvalue weighted by Crippen LogP contribution is -2.54. The maximum atomic E-state index is 13.2. The van der Waals surface area contributed by atoms with Gasteiger partial charge in [0.1, 0.15) is 5.57 Å². The van der Waals surface area contributed by atoms with Gasteiger partial charge < -0.3 is 14.8 Å². The van der Waals surface area contributed by atoms with E-state index in [9.17, 15) is 19.2 Å². The van der Waals surface area contributed by atoms with E-state index in [0.29, 0.717) is 16.9 Å². The number of anilines is 2. The monoisotopic (exact) mass is 533 g/mol. The predicted octanol–water partition coefficient (Wildman–Crippen LogP) is 4.65. The van der Waals surface area contributed by atoms with Gasteiger partial charge in [0.2, 0.25) is 0 Å². The van der Waals surface area contributed by atoms with E-state index in [1.807, 2.05) is 19.9 Å². The highest BCUT2D eigenvalue weighted by Gasteiger charge is 2.37. The molecule has 2 N–H and O–H groups in total. The highest BCUT2D eigenvalue weighted by atomic mass is 35.5. The number of barbiturate groups is 1. The molecule has 1 aliphatic rings. The Kier molecular flexibility index (Phi) is 7.78. The van der Waals surface area contributed by atoms with Crippen LogP contribution in [0.2, 0.25) is 5.02 Å². The lowest BCUT2D eigenvalue weighted by molar-refractivity contribution is -0.122. The number of nitrogens with one attached hydrogen (secondary N) is 2. The molecule has 0 aliphatic carbocycles. The van der Waals surface area contributed by atoms with Gasteiger partial charge in [0.15, 0.2) is 18.1 Å². The molecular formula is C28H24ClN3O6. The number of hydrogen-bond acceptors (Lipinski definition) is 6. The highest BCUT2D eigenvalue weighted by Crippen LogP contribution is 2.37. The molecule has 0 unspecified atom stereocenters. The molecule has 38 heavy (non-hydrogen) atoms. The number of halogens is 1. The smallest absolute Gasteiger partial charge is 0.335 e. The Balaban J connectivity index is 1.58. The summed E-state index contributed by atoms with van der Waals surface area (Å²) >= 11 is 6.41. The van der Waals surface area contributed by atoms with Crippen molar-refractivity contribution in [1.29, 1.82) is 0 Å². The van der Waals surface area contributed by atoms with Gasteiger partial charge in [-0.1, -0.05) is 35.9 Å². The lowest BCUT2D eigenvalue weighted by atomic mass is 10.0. The molecule has 3 aromatic carbocycles. The van der Waals surface area contributed by atoms with Crippen LogP contribution in [0.4, 0.5) is 16.2 Å². The van der Waals surface area contributed by atoms with Crippen LogP contribution in [0.15, 0.2) is 66.2 Å². The Hall–Kier alpha value is -4.63. The molecule has 0 bridgehead atoms. The number of rotatable bonds is 7. The van der Waals surface area contributed by atoms with Crippen molar-refractivity contribution in [3.63, 3.8) is 0 Å². The fourth-order valence-corrected chi connectivity index (χ4v) is 4.02. The molecule has 0 aromatic heterocycles. The molecule has 0 spiro atoms. The molecule has 1 heterocycles. The molecule has 4 rings (SSSR count). The quantitative estimate of drug-likeness (QED) is 0.337. The fraction of sp³-hybridized carbons (Fsp3) is 0.143. The fourth-order valence-electron chi connectivity index (χ4n) is 3.74. The van der Waals surface area contributed by atoms with Crippen LogP contribution in [0.25, 0.3) is 6.08 Å². The van der Waals surface area contributed by atoms with Gasteiger partial charge in [0.05, 0.1) is 17.8 Å². The third-order valence-corrected chi connectivity index (χ3v) is 6.10. The van der Waals surface area contributed by atoms with Crippen molar-refractivity contribution >= 4 is 52.8 Å². The van der Waals surface area contributed by atoms with Crippen LogP contribution in [0.1, 0.15) is 16.7 Å². The van der Waals surface area contributed by atoms with E-state index in [4.69, 9.17) is 21.1 Å². The summed E-state index contributed by atoms with van der Waals surface area (Å²) in [5.41, 5.74) is 2.91. The summed E-state index contributed by atoms with van der Waals surface area (Å²) in [6.45, 7) is 3.43. The number of hydrogen-bond donors (Lipinski definition) is 2. The van der Waals surface area contributed by atoms with E-state index in [2.05, 4.69) is 10.6 Å². The van der Waals surface area contributed by atoms with Crippen molar-refractivity contribution in [1.82, 2.24) is 5.32 Å². The average Bonchev–Trinajstić information content (AvgIpc) is 2.88. The van der Waals surface area contributed by atoms with Crippen LogP contribution in [0, 0.1) is 13.8 Å². The number of methoxy groups -OCH3 is 1. The number of urea groups is 1. The Morgan fingerprint density at radius 2 is 1.76 bits per heavy atom. The first-order valence-electron chi connectivity index (χ1n) is 11.5. The van der Waals surface area contributed by atoms with Crippen LogP contribution in [0.3, 0.4) is 0 Å². The van der Waals surface area contributed by atoms with Gasteiger partial charge in [0, 0.05) is 5.69 Å². The highest BCUT2D eigenvalue weighted by molar-refractivity contribution is 6.39. The molecule has 194 valence electrons. The minimum atomic E-state index is -0.840. The van der Waals surface area contributed by atoms with Crippen molar-refractivity contribution in [3.05, 3.63) is 87.9 Å². The first-order valence-corrected chi connectivity index (χ1v) is 11.9. The van der Waals surface area contributed by atoms with Crippen molar-refractivity contribution < 1.29 is 28.7 Å². The number of ether oxygens (including phenoxy) is 2. The zero-order chi connectivity index (χ0) is 27.4. The maximum absolute atomic E-state index is 13.2. The van der Waals surface area contributed by atoms with E-state index in [1.54, 1.807) is 42.5 Å². The Morgan fingerprint density at radius 1 is 1.03 bits per heavy atom. The van der Waals surface area contributed by atoms with Gasteiger partial charge in [-0.2, -0.15) is 0 Å². The molecule has 3 aromatic rings. The topological polar surface area (TPSA) is 114 Å². The number of nitrogens with zero attached hydrogens (tertiary/aromatic N) is 1. The molecule has 9 nitrogen and oxygen atoms in total. The minimum absolute atomic E-state index is 0.0921. The summed E-state index contributed by atoms with van der Waals surface area (Å²) in [6.07, 6.45) is 1.30. The van der Waals surface area contributed by atoms with E-state index in [1.165, 1.54) is 25.3 Å².